The van der Waals surface area contributed by atoms with E-state index in [-0.39, 0.29) is 6.04 Å². The summed E-state index contributed by atoms with van der Waals surface area (Å²) in [5.41, 5.74) is 14.0. The minimum absolute atomic E-state index is 0.126. The van der Waals surface area contributed by atoms with Crippen LogP contribution in [-0.2, 0) is 6.54 Å². The van der Waals surface area contributed by atoms with Crippen molar-refractivity contribution in [1.82, 2.24) is 4.98 Å². The molecule has 0 saturated carbocycles. The number of aromatic nitrogens is 1. The predicted octanol–water partition coefficient (Wildman–Crippen LogP) is 1.70. The molecule has 15 heavy (non-hydrogen) atoms. The smallest absolute Gasteiger partial charge is 0.212 e. The molecule has 80 valence electrons. The van der Waals surface area contributed by atoms with E-state index < -0.39 is 0 Å². The monoisotopic (exact) mass is 205 g/mol. The number of rotatable bonds is 3. The van der Waals surface area contributed by atoms with Gasteiger partial charge < -0.3 is 15.9 Å². The Labute approximate surface area is 88.3 Å². The topological polar surface area (TPSA) is 78.1 Å². The van der Waals surface area contributed by atoms with Crippen LogP contribution in [0.1, 0.15) is 30.8 Å². The highest BCUT2D eigenvalue weighted by Crippen LogP contribution is 2.21. The maximum absolute atomic E-state index is 5.85. The van der Waals surface area contributed by atoms with Crippen LogP contribution in [0.3, 0.4) is 0 Å². The van der Waals surface area contributed by atoms with Crippen molar-refractivity contribution in [2.24, 2.45) is 11.5 Å². The molecule has 0 spiro atoms. The van der Waals surface area contributed by atoms with E-state index in [1.54, 1.807) is 0 Å². The standard InChI is InChI=1S/C11H15N3O/c1-2-8(13)11-14-9-5-7(6-12)3-4-10(9)15-11/h3-5,8H,2,6,12-13H2,1H3. The van der Waals surface area contributed by atoms with Gasteiger partial charge >= 0.3 is 0 Å². The van der Waals surface area contributed by atoms with Crippen molar-refractivity contribution in [3.8, 4) is 0 Å². The van der Waals surface area contributed by atoms with E-state index in [1.807, 2.05) is 25.1 Å². The summed E-state index contributed by atoms with van der Waals surface area (Å²) in [5, 5.41) is 0. The van der Waals surface area contributed by atoms with Gasteiger partial charge in [-0.3, -0.25) is 0 Å². The Morgan fingerprint density at radius 1 is 1.47 bits per heavy atom. The van der Waals surface area contributed by atoms with Crippen LogP contribution in [0.4, 0.5) is 0 Å². The van der Waals surface area contributed by atoms with Gasteiger partial charge in [-0.25, -0.2) is 4.98 Å². The minimum Gasteiger partial charge on any atom is -0.439 e. The average molecular weight is 205 g/mol. The zero-order chi connectivity index (χ0) is 10.8. The Balaban J connectivity index is 2.46. The molecule has 0 bridgehead atoms. The van der Waals surface area contributed by atoms with Gasteiger partial charge in [-0.15, -0.1) is 0 Å². The lowest BCUT2D eigenvalue weighted by Gasteiger charge is -2.00. The van der Waals surface area contributed by atoms with Crippen LogP contribution in [0.5, 0.6) is 0 Å². The summed E-state index contributed by atoms with van der Waals surface area (Å²) in [6, 6.07) is 5.63. The van der Waals surface area contributed by atoms with E-state index in [1.165, 1.54) is 0 Å². The summed E-state index contributed by atoms with van der Waals surface area (Å²) >= 11 is 0. The highest BCUT2D eigenvalue weighted by Gasteiger charge is 2.11. The Bertz CT molecular complexity index is 464. The van der Waals surface area contributed by atoms with E-state index in [0.717, 1.165) is 23.1 Å². The molecule has 1 unspecified atom stereocenters. The molecule has 2 aromatic rings. The van der Waals surface area contributed by atoms with Crippen molar-refractivity contribution in [2.75, 3.05) is 0 Å². The molecule has 2 rings (SSSR count). The van der Waals surface area contributed by atoms with Gasteiger partial charge in [0.15, 0.2) is 5.58 Å². The fourth-order valence-electron chi connectivity index (χ4n) is 1.45. The zero-order valence-corrected chi connectivity index (χ0v) is 8.73. The first kappa shape index (κ1) is 10.1. The second-order valence-corrected chi connectivity index (χ2v) is 3.57. The number of benzene rings is 1. The molecule has 0 amide bonds. The fraction of sp³-hybridized carbons (Fsp3) is 0.364. The molecule has 1 heterocycles. The molecule has 1 atom stereocenters. The molecule has 1 aromatic heterocycles. The molecular weight excluding hydrogens is 190 g/mol. The average Bonchev–Trinajstić information content (AvgIpc) is 2.70. The van der Waals surface area contributed by atoms with E-state index in [9.17, 15) is 0 Å². The molecule has 0 saturated heterocycles. The second-order valence-electron chi connectivity index (χ2n) is 3.57. The summed E-state index contributed by atoms with van der Waals surface area (Å²) in [4.78, 5) is 4.34. The van der Waals surface area contributed by atoms with E-state index >= 15 is 0 Å². The van der Waals surface area contributed by atoms with Crippen LogP contribution in [0.15, 0.2) is 22.6 Å². The number of fused-ring (bicyclic) bond motifs is 1. The molecule has 0 fully saturated rings. The zero-order valence-electron chi connectivity index (χ0n) is 8.73. The molecule has 0 aliphatic carbocycles. The number of nitrogens with two attached hydrogens (primary N) is 2. The first-order valence-corrected chi connectivity index (χ1v) is 5.09. The van der Waals surface area contributed by atoms with Crippen LogP contribution in [0, 0.1) is 0 Å². The summed E-state index contributed by atoms with van der Waals surface area (Å²) in [6.45, 7) is 2.52. The lowest BCUT2D eigenvalue weighted by atomic mass is 10.2. The largest absolute Gasteiger partial charge is 0.439 e. The summed E-state index contributed by atoms with van der Waals surface area (Å²) in [7, 11) is 0. The third kappa shape index (κ3) is 1.86. The van der Waals surface area contributed by atoms with Gasteiger partial charge in [-0.05, 0) is 24.1 Å². The van der Waals surface area contributed by atoms with Gasteiger partial charge in [0.2, 0.25) is 5.89 Å². The fourth-order valence-corrected chi connectivity index (χ4v) is 1.45. The summed E-state index contributed by atoms with van der Waals surface area (Å²) < 4.78 is 5.54. The van der Waals surface area contributed by atoms with Crippen LogP contribution >= 0.6 is 0 Å². The number of nitrogens with zero attached hydrogens (tertiary/aromatic N) is 1. The summed E-state index contributed by atoms with van der Waals surface area (Å²) in [5.74, 6) is 0.599. The van der Waals surface area contributed by atoms with Gasteiger partial charge in [-0.1, -0.05) is 13.0 Å². The van der Waals surface area contributed by atoms with Crippen molar-refractivity contribution >= 4 is 11.1 Å². The van der Waals surface area contributed by atoms with Crippen molar-refractivity contribution in [3.63, 3.8) is 0 Å². The highest BCUT2D eigenvalue weighted by molar-refractivity contribution is 5.73. The first-order valence-electron chi connectivity index (χ1n) is 5.09. The quantitative estimate of drug-likeness (QED) is 0.799. The normalized spacial score (nSPS) is 13.3. The van der Waals surface area contributed by atoms with Gasteiger partial charge in [0.1, 0.15) is 5.52 Å². The highest BCUT2D eigenvalue weighted by atomic mass is 16.3. The van der Waals surface area contributed by atoms with Gasteiger partial charge in [0, 0.05) is 6.54 Å². The molecular formula is C11H15N3O. The van der Waals surface area contributed by atoms with Crippen LogP contribution < -0.4 is 11.5 Å². The van der Waals surface area contributed by atoms with Crippen molar-refractivity contribution < 1.29 is 4.42 Å². The number of hydrogen-bond acceptors (Lipinski definition) is 4. The first-order chi connectivity index (χ1) is 7.24. The molecule has 4 N–H and O–H groups in total. The number of hydrogen-bond donors (Lipinski definition) is 2. The van der Waals surface area contributed by atoms with Gasteiger partial charge in [0.25, 0.3) is 0 Å². The molecule has 4 heteroatoms. The lowest BCUT2D eigenvalue weighted by molar-refractivity contribution is 0.469. The van der Waals surface area contributed by atoms with Crippen LogP contribution in [-0.4, -0.2) is 4.98 Å². The maximum atomic E-state index is 5.85. The predicted molar refractivity (Wildman–Crippen MR) is 59.1 cm³/mol. The molecule has 0 aliphatic rings. The molecule has 0 radical (unpaired) electrons. The van der Waals surface area contributed by atoms with Crippen molar-refractivity contribution in [3.05, 3.63) is 29.7 Å². The SMILES string of the molecule is CCC(N)c1nc2cc(CN)ccc2o1. The Kier molecular flexibility index (Phi) is 2.70. The number of oxazole rings is 1. The second kappa shape index (κ2) is 4.00. The van der Waals surface area contributed by atoms with E-state index in [2.05, 4.69) is 4.98 Å². The Morgan fingerprint density at radius 3 is 2.93 bits per heavy atom. The molecule has 4 nitrogen and oxygen atoms in total. The lowest BCUT2D eigenvalue weighted by Crippen LogP contribution is -2.08. The van der Waals surface area contributed by atoms with Crippen molar-refractivity contribution in [2.45, 2.75) is 25.9 Å². The third-order valence-electron chi connectivity index (χ3n) is 2.46. The van der Waals surface area contributed by atoms with Crippen LogP contribution in [0.2, 0.25) is 0 Å². The maximum Gasteiger partial charge on any atom is 0.212 e. The molecule has 1 aromatic carbocycles. The minimum atomic E-state index is -0.126. The van der Waals surface area contributed by atoms with Crippen molar-refractivity contribution in [1.29, 1.82) is 0 Å². The Morgan fingerprint density at radius 2 is 2.27 bits per heavy atom. The van der Waals surface area contributed by atoms with Crippen LogP contribution in [0.25, 0.3) is 11.1 Å². The third-order valence-corrected chi connectivity index (χ3v) is 2.46. The van der Waals surface area contributed by atoms with E-state index in [0.29, 0.717) is 12.4 Å². The summed E-state index contributed by atoms with van der Waals surface area (Å²) in [6.07, 6.45) is 0.816. The molecule has 0 aliphatic heterocycles. The Hall–Kier alpha value is -1.39. The van der Waals surface area contributed by atoms with Gasteiger partial charge in [0.05, 0.1) is 6.04 Å². The van der Waals surface area contributed by atoms with Gasteiger partial charge in [-0.2, -0.15) is 0 Å². The van der Waals surface area contributed by atoms with E-state index in [4.69, 9.17) is 15.9 Å².